The van der Waals surface area contributed by atoms with Crippen molar-refractivity contribution in [3.8, 4) is 0 Å². The van der Waals surface area contributed by atoms with Gasteiger partial charge in [0.25, 0.3) is 5.92 Å². The number of rotatable bonds is 2. The molecule has 0 nitrogen and oxygen atoms in total. The maximum absolute atomic E-state index is 14.0. The van der Waals surface area contributed by atoms with Crippen LogP contribution in [0.5, 0.6) is 0 Å². The van der Waals surface area contributed by atoms with E-state index in [-0.39, 0.29) is 11.1 Å². The molecule has 2 aromatic rings. The molecule has 0 saturated carbocycles. The van der Waals surface area contributed by atoms with Gasteiger partial charge in [0.05, 0.1) is 0 Å². The zero-order valence-corrected chi connectivity index (χ0v) is 10.2. The van der Waals surface area contributed by atoms with Gasteiger partial charge < -0.3 is 0 Å². The van der Waals surface area contributed by atoms with Gasteiger partial charge in [0.2, 0.25) is 0 Å². The molecule has 2 rings (SSSR count). The van der Waals surface area contributed by atoms with E-state index in [9.17, 15) is 13.2 Å². The van der Waals surface area contributed by atoms with E-state index in [1.165, 1.54) is 12.1 Å². The van der Waals surface area contributed by atoms with Crippen LogP contribution in [0.25, 0.3) is 0 Å². The monoisotopic (exact) mass is 300 g/mol. The molecule has 2 aromatic carbocycles. The molecular weight excluding hydrogens is 293 g/mol. The maximum Gasteiger partial charge on any atom is 0.298 e. The third-order valence-corrected chi connectivity index (χ3v) is 2.94. The molecular formula is C13H8BrF3. The highest BCUT2D eigenvalue weighted by Crippen LogP contribution is 2.35. The molecule has 0 aromatic heterocycles. The van der Waals surface area contributed by atoms with Crippen LogP contribution in [0.15, 0.2) is 53.0 Å². The van der Waals surface area contributed by atoms with E-state index in [0.717, 1.165) is 28.7 Å². The molecule has 17 heavy (non-hydrogen) atoms. The number of hydrogen-bond acceptors (Lipinski definition) is 0. The summed E-state index contributed by atoms with van der Waals surface area (Å²) in [6, 6.07) is 10.0. The average molecular weight is 301 g/mol. The van der Waals surface area contributed by atoms with Crippen molar-refractivity contribution in [3.05, 3.63) is 69.9 Å². The Bertz CT molecular complexity index is 456. The zero-order chi connectivity index (χ0) is 12.5. The van der Waals surface area contributed by atoms with Gasteiger partial charge in [-0.15, -0.1) is 0 Å². The molecule has 0 radical (unpaired) electrons. The topological polar surface area (TPSA) is 0 Å². The number of hydrogen-bond donors (Lipinski definition) is 0. The molecule has 0 unspecified atom stereocenters. The van der Waals surface area contributed by atoms with Gasteiger partial charge in [0, 0.05) is 15.6 Å². The summed E-state index contributed by atoms with van der Waals surface area (Å²) in [7, 11) is 0. The van der Waals surface area contributed by atoms with Gasteiger partial charge in [-0.2, -0.15) is 8.78 Å². The summed E-state index contributed by atoms with van der Waals surface area (Å²) in [6.07, 6.45) is 0. The first kappa shape index (κ1) is 12.2. The third-order valence-electron chi connectivity index (χ3n) is 2.41. The first-order valence-electron chi connectivity index (χ1n) is 4.90. The largest absolute Gasteiger partial charge is 0.298 e. The van der Waals surface area contributed by atoms with Crippen molar-refractivity contribution in [2.24, 2.45) is 0 Å². The Balaban J connectivity index is 2.41. The Morgan fingerprint density at radius 2 is 1.18 bits per heavy atom. The summed E-state index contributed by atoms with van der Waals surface area (Å²) in [6.45, 7) is 0. The van der Waals surface area contributed by atoms with E-state index in [2.05, 4.69) is 15.9 Å². The molecule has 0 amide bonds. The second-order valence-corrected chi connectivity index (χ2v) is 4.50. The number of halogens is 4. The van der Waals surface area contributed by atoms with Crippen LogP contribution in [0, 0.1) is 5.82 Å². The summed E-state index contributed by atoms with van der Waals surface area (Å²) in [5, 5.41) is 0. The maximum atomic E-state index is 14.0. The lowest BCUT2D eigenvalue weighted by Gasteiger charge is -2.17. The minimum absolute atomic E-state index is 0.118. The van der Waals surface area contributed by atoms with Gasteiger partial charge in [-0.05, 0) is 36.4 Å². The summed E-state index contributed by atoms with van der Waals surface area (Å²) in [4.78, 5) is 0. The highest BCUT2D eigenvalue weighted by Gasteiger charge is 2.33. The molecule has 0 saturated heterocycles. The molecule has 4 heteroatoms. The van der Waals surface area contributed by atoms with Crippen LogP contribution in [-0.2, 0) is 5.92 Å². The second kappa shape index (κ2) is 4.53. The van der Waals surface area contributed by atoms with Crippen LogP contribution in [0.2, 0.25) is 0 Å². The molecule has 0 bridgehead atoms. The van der Waals surface area contributed by atoms with Crippen molar-refractivity contribution in [1.82, 2.24) is 0 Å². The predicted octanol–water partition coefficient (Wildman–Crippen LogP) is 4.73. The van der Waals surface area contributed by atoms with Crippen molar-refractivity contribution in [3.63, 3.8) is 0 Å². The fraction of sp³-hybridized carbons (Fsp3) is 0.0769. The van der Waals surface area contributed by atoms with E-state index >= 15 is 0 Å². The summed E-state index contributed by atoms with van der Waals surface area (Å²) in [5.41, 5.74) is -0.339. The fourth-order valence-electron chi connectivity index (χ4n) is 1.49. The Morgan fingerprint density at radius 1 is 0.765 bits per heavy atom. The van der Waals surface area contributed by atoms with Crippen molar-refractivity contribution in [2.45, 2.75) is 5.92 Å². The van der Waals surface area contributed by atoms with Gasteiger partial charge in [-0.3, -0.25) is 0 Å². The van der Waals surface area contributed by atoms with Crippen LogP contribution >= 0.6 is 15.9 Å². The minimum Gasteiger partial charge on any atom is -0.207 e. The third kappa shape index (κ3) is 2.52. The Morgan fingerprint density at radius 3 is 1.65 bits per heavy atom. The lowest BCUT2D eigenvalue weighted by atomic mass is 10.0. The van der Waals surface area contributed by atoms with Gasteiger partial charge >= 0.3 is 0 Å². The Kier molecular flexibility index (Phi) is 3.24. The fourth-order valence-corrected chi connectivity index (χ4v) is 1.75. The van der Waals surface area contributed by atoms with E-state index in [1.54, 1.807) is 12.1 Å². The normalized spacial score (nSPS) is 11.5. The average Bonchev–Trinajstić information content (AvgIpc) is 2.30. The second-order valence-electron chi connectivity index (χ2n) is 3.59. The van der Waals surface area contributed by atoms with Crippen LogP contribution < -0.4 is 0 Å². The highest BCUT2D eigenvalue weighted by atomic mass is 79.9. The van der Waals surface area contributed by atoms with E-state index < -0.39 is 11.7 Å². The molecule has 0 fully saturated rings. The van der Waals surface area contributed by atoms with E-state index in [1.807, 2.05) is 0 Å². The molecule has 0 aliphatic heterocycles. The molecule has 0 aliphatic rings. The standard InChI is InChI=1S/C13H8BrF3/c14-11-5-1-9(2-6-11)13(16,17)10-3-7-12(15)8-4-10/h1-8H. The SMILES string of the molecule is Fc1ccc(C(F)(F)c2ccc(Br)cc2)cc1. The van der Waals surface area contributed by atoms with E-state index in [4.69, 9.17) is 0 Å². The molecule has 0 spiro atoms. The van der Waals surface area contributed by atoms with E-state index in [0.29, 0.717) is 0 Å². The summed E-state index contributed by atoms with van der Waals surface area (Å²) in [5.74, 6) is -3.64. The van der Waals surface area contributed by atoms with Crippen LogP contribution in [0.4, 0.5) is 13.2 Å². The van der Waals surface area contributed by atoms with Crippen LogP contribution in [0.3, 0.4) is 0 Å². The number of benzene rings is 2. The summed E-state index contributed by atoms with van der Waals surface area (Å²) < 4.78 is 41.4. The lowest BCUT2D eigenvalue weighted by Crippen LogP contribution is -2.14. The molecule has 0 atom stereocenters. The first-order chi connectivity index (χ1) is 8.00. The predicted molar refractivity (Wildman–Crippen MR) is 63.5 cm³/mol. The van der Waals surface area contributed by atoms with Crippen LogP contribution in [-0.4, -0.2) is 0 Å². The highest BCUT2D eigenvalue weighted by molar-refractivity contribution is 9.10. The molecule has 0 N–H and O–H groups in total. The number of alkyl halides is 2. The van der Waals surface area contributed by atoms with Gasteiger partial charge in [0.1, 0.15) is 5.82 Å². The zero-order valence-electron chi connectivity index (χ0n) is 8.63. The smallest absolute Gasteiger partial charge is 0.207 e. The van der Waals surface area contributed by atoms with Gasteiger partial charge in [-0.25, -0.2) is 4.39 Å². The van der Waals surface area contributed by atoms with Gasteiger partial charge in [0.15, 0.2) is 0 Å². The minimum atomic E-state index is -3.12. The lowest BCUT2D eigenvalue weighted by molar-refractivity contribution is 0.0427. The Hall–Kier alpha value is -1.29. The van der Waals surface area contributed by atoms with Crippen molar-refractivity contribution < 1.29 is 13.2 Å². The molecule has 0 heterocycles. The molecule has 0 aliphatic carbocycles. The summed E-state index contributed by atoms with van der Waals surface area (Å²) >= 11 is 3.18. The van der Waals surface area contributed by atoms with Crippen molar-refractivity contribution >= 4 is 15.9 Å². The quantitative estimate of drug-likeness (QED) is 0.752. The van der Waals surface area contributed by atoms with Crippen LogP contribution in [0.1, 0.15) is 11.1 Å². The Labute approximate surface area is 105 Å². The van der Waals surface area contributed by atoms with Crippen molar-refractivity contribution in [2.75, 3.05) is 0 Å². The van der Waals surface area contributed by atoms with Gasteiger partial charge in [-0.1, -0.05) is 28.1 Å². The molecule has 88 valence electrons. The first-order valence-corrected chi connectivity index (χ1v) is 5.69. The van der Waals surface area contributed by atoms with Crippen molar-refractivity contribution in [1.29, 1.82) is 0 Å².